The summed E-state index contributed by atoms with van der Waals surface area (Å²) in [5, 5.41) is 11.3. The maximum atomic E-state index is 13.3. The molecule has 4 heterocycles. The van der Waals surface area contributed by atoms with E-state index >= 15 is 0 Å². The number of benzene rings is 1. The Labute approximate surface area is 196 Å². The number of thiophene rings is 1. The zero-order valence-corrected chi connectivity index (χ0v) is 19.7. The number of nitrogens with zero attached hydrogens (tertiary/aromatic N) is 2. The molecule has 0 atom stereocenters. The molecule has 0 bridgehead atoms. The van der Waals surface area contributed by atoms with Crippen LogP contribution in [0.4, 0.5) is 0 Å². The maximum Gasteiger partial charge on any atom is 0.343 e. The van der Waals surface area contributed by atoms with E-state index in [4.69, 9.17) is 14.2 Å². The topological polar surface area (TPSA) is 125 Å². The lowest BCUT2D eigenvalue weighted by Crippen LogP contribution is -2.36. The fourth-order valence-electron chi connectivity index (χ4n) is 4.16. The van der Waals surface area contributed by atoms with Crippen LogP contribution in [-0.4, -0.2) is 38.6 Å². The smallest absolute Gasteiger partial charge is 0.343 e. The molecule has 0 fully saturated rings. The third kappa shape index (κ3) is 3.04. The Morgan fingerprint density at radius 1 is 1.21 bits per heavy atom. The minimum Gasteiger partial charge on any atom is -0.505 e. The van der Waals surface area contributed by atoms with Crippen LogP contribution >= 0.6 is 11.3 Å². The number of nitrogens with one attached hydrogen (secondary N) is 1. The Morgan fingerprint density at radius 2 is 1.94 bits per heavy atom. The third-order valence-corrected chi connectivity index (χ3v) is 6.95. The Morgan fingerprint density at radius 3 is 2.68 bits per heavy atom. The summed E-state index contributed by atoms with van der Waals surface area (Å²) in [5.41, 5.74) is 0.826. The van der Waals surface area contributed by atoms with Crippen molar-refractivity contribution in [2.75, 3.05) is 13.4 Å². The van der Waals surface area contributed by atoms with Gasteiger partial charge in [0.25, 0.3) is 5.56 Å². The number of fused-ring (bicyclic) bond motifs is 2. The van der Waals surface area contributed by atoms with Gasteiger partial charge >= 0.3 is 11.7 Å². The van der Waals surface area contributed by atoms with Crippen molar-refractivity contribution in [2.45, 2.75) is 13.8 Å². The van der Waals surface area contributed by atoms with Gasteiger partial charge in [-0.05, 0) is 32.0 Å². The van der Waals surface area contributed by atoms with Crippen molar-refractivity contribution in [2.24, 2.45) is 14.1 Å². The number of aromatic nitrogens is 3. The lowest BCUT2D eigenvalue weighted by atomic mass is 10.0. The lowest BCUT2D eigenvalue weighted by Gasteiger charge is -2.07. The number of rotatable bonds is 4. The van der Waals surface area contributed by atoms with Crippen molar-refractivity contribution in [3.8, 4) is 38.9 Å². The molecule has 0 aliphatic carbocycles. The van der Waals surface area contributed by atoms with Crippen molar-refractivity contribution in [3.63, 3.8) is 0 Å². The largest absolute Gasteiger partial charge is 0.505 e. The van der Waals surface area contributed by atoms with Gasteiger partial charge in [-0.15, -0.1) is 11.3 Å². The van der Waals surface area contributed by atoms with Crippen LogP contribution in [0.3, 0.4) is 0 Å². The van der Waals surface area contributed by atoms with Crippen LogP contribution in [0.5, 0.6) is 17.2 Å². The molecular weight excluding hydrogens is 462 g/mol. The van der Waals surface area contributed by atoms with Crippen LogP contribution in [0.2, 0.25) is 0 Å². The van der Waals surface area contributed by atoms with E-state index in [1.807, 2.05) is 0 Å². The summed E-state index contributed by atoms with van der Waals surface area (Å²) < 4.78 is 18.4. The van der Waals surface area contributed by atoms with Crippen LogP contribution in [0.25, 0.3) is 32.7 Å². The van der Waals surface area contributed by atoms with Gasteiger partial charge in [0.15, 0.2) is 11.5 Å². The van der Waals surface area contributed by atoms with Gasteiger partial charge < -0.3 is 24.3 Å². The average Bonchev–Trinajstić information content (AvgIpc) is 3.51. The van der Waals surface area contributed by atoms with Crippen LogP contribution in [0.1, 0.15) is 22.2 Å². The molecule has 0 saturated carbocycles. The summed E-state index contributed by atoms with van der Waals surface area (Å²) in [6.07, 6.45) is 0. The molecule has 176 valence electrons. The molecule has 34 heavy (non-hydrogen) atoms. The van der Waals surface area contributed by atoms with Gasteiger partial charge in [-0.1, -0.05) is 0 Å². The summed E-state index contributed by atoms with van der Waals surface area (Å²) in [5.74, 6) is 0.191. The Hall–Kier alpha value is -3.99. The summed E-state index contributed by atoms with van der Waals surface area (Å²) >= 11 is 1.16. The molecule has 1 aliphatic rings. The first-order valence-corrected chi connectivity index (χ1v) is 11.3. The zero-order valence-electron chi connectivity index (χ0n) is 18.8. The highest BCUT2D eigenvalue weighted by molar-refractivity contribution is 7.16. The molecule has 0 amide bonds. The molecule has 1 aromatic carbocycles. The minimum absolute atomic E-state index is 0.0504. The van der Waals surface area contributed by atoms with Crippen molar-refractivity contribution in [1.29, 1.82) is 0 Å². The molecule has 4 aromatic rings. The van der Waals surface area contributed by atoms with Crippen LogP contribution < -0.4 is 20.7 Å². The van der Waals surface area contributed by atoms with Crippen LogP contribution in [-0.2, 0) is 18.8 Å². The molecule has 0 saturated heterocycles. The molecule has 3 aromatic heterocycles. The zero-order chi connectivity index (χ0) is 24.3. The molecule has 0 unspecified atom stereocenters. The van der Waals surface area contributed by atoms with Crippen molar-refractivity contribution in [1.82, 2.24) is 14.1 Å². The molecular formula is C23H21N3O7S. The summed E-state index contributed by atoms with van der Waals surface area (Å²) in [4.78, 5) is 42.4. The predicted molar refractivity (Wildman–Crippen MR) is 126 cm³/mol. The second kappa shape index (κ2) is 7.80. The van der Waals surface area contributed by atoms with E-state index in [0.717, 1.165) is 15.9 Å². The fourth-order valence-corrected chi connectivity index (χ4v) is 5.26. The quantitative estimate of drug-likeness (QED) is 0.428. The number of aromatic amines is 1. The van der Waals surface area contributed by atoms with Gasteiger partial charge in [0.1, 0.15) is 17.0 Å². The number of carbonyl (C=O) groups excluding carboxylic acids is 1. The van der Waals surface area contributed by atoms with Crippen LogP contribution in [0.15, 0.2) is 27.8 Å². The Bertz CT molecular complexity index is 1610. The lowest BCUT2D eigenvalue weighted by molar-refractivity contribution is 0.0523. The summed E-state index contributed by atoms with van der Waals surface area (Å²) in [6.45, 7) is 3.63. The SMILES string of the molecule is CCOC(=O)c1c(C)sc(-c2c(-c3ccc4c(c3)OCO4)[nH]c3c2c(=O)n(C)c(=O)n3C)c1O. The van der Waals surface area contributed by atoms with Crippen LogP contribution in [0, 0.1) is 6.92 Å². The molecule has 10 nitrogen and oxygen atoms in total. The van der Waals surface area contributed by atoms with Crippen molar-refractivity contribution < 1.29 is 24.1 Å². The maximum absolute atomic E-state index is 13.3. The molecule has 2 N–H and O–H groups in total. The molecule has 11 heteroatoms. The fraction of sp³-hybridized carbons (Fsp3) is 0.261. The number of aromatic hydroxyl groups is 1. The number of aryl methyl sites for hydroxylation is 2. The number of ether oxygens (including phenoxy) is 3. The van der Waals surface area contributed by atoms with E-state index in [1.54, 1.807) is 39.1 Å². The van der Waals surface area contributed by atoms with E-state index in [9.17, 15) is 19.5 Å². The first kappa shape index (κ1) is 21.8. The number of carbonyl (C=O) groups is 1. The van der Waals surface area contributed by atoms with E-state index in [0.29, 0.717) is 43.7 Å². The Balaban J connectivity index is 1.89. The van der Waals surface area contributed by atoms with Crippen molar-refractivity contribution in [3.05, 3.63) is 49.5 Å². The highest BCUT2D eigenvalue weighted by Gasteiger charge is 2.30. The minimum atomic E-state index is -0.648. The molecule has 5 rings (SSSR count). The number of hydrogen-bond donors (Lipinski definition) is 2. The monoisotopic (exact) mass is 483 g/mol. The normalized spacial score (nSPS) is 12.5. The summed E-state index contributed by atoms with van der Waals surface area (Å²) in [6, 6.07) is 5.28. The molecule has 1 aliphatic heterocycles. The van der Waals surface area contributed by atoms with Gasteiger partial charge in [-0.25, -0.2) is 9.59 Å². The van der Waals surface area contributed by atoms with Gasteiger partial charge in [0.05, 0.1) is 22.6 Å². The first-order valence-electron chi connectivity index (χ1n) is 10.5. The van der Waals surface area contributed by atoms with Gasteiger partial charge in [-0.2, -0.15) is 0 Å². The third-order valence-electron chi connectivity index (χ3n) is 5.83. The predicted octanol–water partition coefficient (Wildman–Crippen LogP) is 2.88. The summed E-state index contributed by atoms with van der Waals surface area (Å²) in [7, 11) is 2.95. The average molecular weight is 484 g/mol. The number of H-pyrrole nitrogens is 1. The highest BCUT2D eigenvalue weighted by atomic mass is 32.1. The van der Waals surface area contributed by atoms with E-state index in [1.165, 1.54) is 11.6 Å². The first-order chi connectivity index (χ1) is 16.2. The standard InChI is InChI=1S/C23H21N3O7S/c1-5-31-22(29)14-10(2)34-19(18(14)27)15-16-20(25(3)23(30)26(4)21(16)28)24-17(15)11-6-7-12-13(8-11)33-9-32-12/h6-8,24,27H,5,9H2,1-4H3. The highest BCUT2D eigenvalue weighted by Crippen LogP contribution is 2.48. The number of esters is 1. The van der Waals surface area contributed by atoms with E-state index in [2.05, 4.69) is 4.98 Å². The van der Waals surface area contributed by atoms with Gasteiger partial charge in [0.2, 0.25) is 6.79 Å². The molecule has 0 spiro atoms. The van der Waals surface area contributed by atoms with E-state index < -0.39 is 17.2 Å². The second-order valence-corrected chi connectivity index (χ2v) is 9.03. The van der Waals surface area contributed by atoms with Gasteiger partial charge in [-0.3, -0.25) is 13.9 Å². The van der Waals surface area contributed by atoms with Crippen molar-refractivity contribution >= 4 is 28.3 Å². The van der Waals surface area contributed by atoms with Gasteiger partial charge in [0, 0.05) is 30.1 Å². The Kier molecular flexibility index (Phi) is 5.01. The molecule has 0 radical (unpaired) electrons. The second-order valence-electron chi connectivity index (χ2n) is 7.80. The number of hydrogen-bond acceptors (Lipinski definition) is 8. The van der Waals surface area contributed by atoms with E-state index in [-0.39, 0.29) is 30.1 Å².